The third-order valence-electron chi connectivity index (χ3n) is 4.25. The molecule has 1 aromatic heterocycles. The third kappa shape index (κ3) is 2.76. The summed E-state index contributed by atoms with van der Waals surface area (Å²) >= 11 is 0. The van der Waals surface area contributed by atoms with Gasteiger partial charge in [-0.2, -0.15) is 0 Å². The Labute approximate surface area is 130 Å². The van der Waals surface area contributed by atoms with E-state index in [1.807, 2.05) is 30.0 Å². The van der Waals surface area contributed by atoms with E-state index in [1.54, 1.807) is 6.92 Å². The molecule has 116 valence electrons. The number of rotatable bonds is 2. The number of hydrogen-bond acceptors (Lipinski definition) is 4. The Bertz CT molecular complexity index is 690. The van der Waals surface area contributed by atoms with Gasteiger partial charge in [-0.05, 0) is 19.1 Å². The summed E-state index contributed by atoms with van der Waals surface area (Å²) in [5.41, 5.74) is 8.20. The second-order valence-electron chi connectivity index (χ2n) is 5.88. The molecular formula is C17H22N4O. The number of anilines is 1. The van der Waals surface area contributed by atoms with Crippen LogP contribution in [-0.4, -0.2) is 42.0 Å². The lowest BCUT2D eigenvalue weighted by atomic mass is 10.1. The molecule has 2 N–H and O–H groups in total. The quantitative estimate of drug-likeness (QED) is 0.920. The van der Waals surface area contributed by atoms with Gasteiger partial charge in [0.2, 0.25) is 5.91 Å². The van der Waals surface area contributed by atoms with E-state index < -0.39 is 0 Å². The maximum absolute atomic E-state index is 11.5. The number of hydrogen-bond donors (Lipinski definition) is 1. The molecule has 3 rings (SSSR count). The molecule has 0 bridgehead atoms. The normalized spacial score (nSPS) is 16.9. The van der Waals surface area contributed by atoms with Gasteiger partial charge in [-0.15, -0.1) is 0 Å². The van der Waals surface area contributed by atoms with Crippen molar-refractivity contribution in [2.24, 2.45) is 5.73 Å². The topological polar surface area (TPSA) is 62.5 Å². The van der Waals surface area contributed by atoms with Crippen molar-refractivity contribution < 1.29 is 4.79 Å². The van der Waals surface area contributed by atoms with Crippen molar-refractivity contribution in [3.05, 3.63) is 35.9 Å². The molecular weight excluding hydrogens is 276 g/mol. The minimum Gasteiger partial charge on any atom is -0.353 e. The van der Waals surface area contributed by atoms with Gasteiger partial charge in [-0.1, -0.05) is 18.2 Å². The van der Waals surface area contributed by atoms with Crippen LogP contribution in [0.4, 0.5) is 5.82 Å². The van der Waals surface area contributed by atoms with E-state index in [0.29, 0.717) is 0 Å². The average molecular weight is 298 g/mol. The molecule has 2 heterocycles. The van der Waals surface area contributed by atoms with E-state index in [4.69, 9.17) is 10.7 Å². The zero-order chi connectivity index (χ0) is 15.7. The van der Waals surface area contributed by atoms with Crippen molar-refractivity contribution in [1.82, 2.24) is 9.88 Å². The molecule has 5 heteroatoms. The van der Waals surface area contributed by atoms with E-state index in [-0.39, 0.29) is 11.9 Å². The maximum atomic E-state index is 11.5. The van der Waals surface area contributed by atoms with Crippen LogP contribution in [0.5, 0.6) is 0 Å². The summed E-state index contributed by atoms with van der Waals surface area (Å²) in [5.74, 6) is 1.09. The van der Waals surface area contributed by atoms with E-state index in [9.17, 15) is 4.79 Å². The molecule has 2 aromatic rings. The van der Waals surface area contributed by atoms with Gasteiger partial charge >= 0.3 is 0 Å². The van der Waals surface area contributed by atoms with Gasteiger partial charge in [0.1, 0.15) is 5.82 Å². The molecule has 1 atom stereocenters. The second kappa shape index (κ2) is 5.93. The van der Waals surface area contributed by atoms with E-state index in [1.165, 1.54) is 0 Å². The highest BCUT2D eigenvalue weighted by molar-refractivity contribution is 5.82. The molecule has 0 radical (unpaired) electrons. The van der Waals surface area contributed by atoms with Crippen LogP contribution >= 0.6 is 0 Å². The van der Waals surface area contributed by atoms with Crippen LogP contribution in [-0.2, 0) is 4.79 Å². The largest absolute Gasteiger partial charge is 0.353 e. The van der Waals surface area contributed by atoms with E-state index >= 15 is 0 Å². The van der Waals surface area contributed by atoms with Crippen LogP contribution in [0.3, 0.4) is 0 Å². The summed E-state index contributed by atoms with van der Waals surface area (Å²) in [6.45, 7) is 6.68. The van der Waals surface area contributed by atoms with Crippen LogP contribution < -0.4 is 10.6 Å². The summed E-state index contributed by atoms with van der Waals surface area (Å²) < 4.78 is 0. The summed E-state index contributed by atoms with van der Waals surface area (Å²) in [5, 5.41) is 1.11. The summed E-state index contributed by atoms with van der Waals surface area (Å²) in [4.78, 5) is 20.4. The molecule has 0 saturated carbocycles. The summed E-state index contributed by atoms with van der Waals surface area (Å²) in [6.07, 6.45) is 0. The number of nitrogens with zero attached hydrogens (tertiary/aromatic N) is 3. The van der Waals surface area contributed by atoms with Crippen LogP contribution in [0.15, 0.2) is 30.3 Å². The van der Waals surface area contributed by atoms with Crippen molar-refractivity contribution in [3.8, 4) is 0 Å². The van der Waals surface area contributed by atoms with Gasteiger partial charge in [-0.25, -0.2) is 4.98 Å². The standard InChI is InChI=1S/C17H22N4O/c1-12(18)15-11-14-5-3-4-6-16(14)19-17(15)21-9-7-20(8-10-21)13(2)22/h3-6,11-12H,7-10,18H2,1-2H3. The highest BCUT2D eigenvalue weighted by Crippen LogP contribution is 2.28. The van der Waals surface area contributed by atoms with Crippen molar-refractivity contribution in [2.75, 3.05) is 31.1 Å². The SMILES string of the molecule is CC(=O)N1CCN(c2nc3ccccc3cc2C(C)N)CC1. The second-order valence-corrected chi connectivity index (χ2v) is 5.88. The van der Waals surface area contributed by atoms with Crippen LogP contribution in [0.25, 0.3) is 10.9 Å². The zero-order valence-electron chi connectivity index (χ0n) is 13.1. The minimum atomic E-state index is -0.0713. The number of piperazine rings is 1. The molecule has 0 spiro atoms. The summed E-state index contributed by atoms with van der Waals surface area (Å²) in [7, 11) is 0. The molecule has 5 nitrogen and oxygen atoms in total. The number of carbonyl (C=O) groups is 1. The highest BCUT2D eigenvalue weighted by Gasteiger charge is 2.22. The minimum absolute atomic E-state index is 0.0713. The Hall–Kier alpha value is -2.14. The summed E-state index contributed by atoms with van der Waals surface area (Å²) in [6, 6.07) is 10.2. The molecule has 1 saturated heterocycles. The van der Waals surface area contributed by atoms with Crippen molar-refractivity contribution in [2.45, 2.75) is 19.9 Å². The Kier molecular flexibility index (Phi) is 3.98. The Morgan fingerprint density at radius 2 is 1.91 bits per heavy atom. The van der Waals surface area contributed by atoms with Gasteiger partial charge in [-0.3, -0.25) is 4.79 Å². The Balaban J connectivity index is 1.95. The first-order chi connectivity index (χ1) is 10.6. The van der Waals surface area contributed by atoms with Crippen molar-refractivity contribution >= 4 is 22.6 Å². The van der Waals surface area contributed by atoms with Crippen LogP contribution in [0, 0.1) is 0 Å². The highest BCUT2D eigenvalue weighted by atomic mass is 16.2. The molecule has 1 aromatic carbocycles. The maximum Gasteiger partial charge on any atom is 0.219 e. The number of benzene rings is 1. The number of amides is 1. The number of aromatic nitrogens is 1. The Morgan fingerprint density at radius 1 is 1.23 bits per heavy atom. The fraction of sp³-hybridized carbons (Fsp3) is 0.412. The van der Waals surface area contributed by atoms with Crippen molar-refractivity contribution in [3.63, 3.8) is 0 Å². The predicted molar refractivity (Wildman–Crippen MR) is 88.8 cm³/mol. The van der Waals surface area contributed by atoms with Crippen molar-refractivity contribution in [1.29, 1.82) is 0 Å². The lowest BCUT2D eigenvalue weighted by Crippen LogP contribution is -2.48. The van der Waals surface area contributed by atoms with Crippen LogP contribution in [0.2, 0.25) is 0 Å². The fourth-order valence-corrected chi connectivity index (χ4v) is 2.94. The number of pyridine rings is 1. The lowest BCUT2D eigenvalue weighted by Gasteiger charge is -2.36. The van der Waals surface area contributed by atoms with Gasteiger partial charge in [0.05, 0.1) is 5.52 Å². The van der Waals surface area contributed by atoms with E-state index in [0.717, 1.165) is 48.5 Å². The number of para-hydroxylation sites is 1. The smallest absolute Gasteiger partial charge is 0.219 e. The predicted octanol–water partition coefficient (Wildman–Crippen LogP) is 1.92. The fourth-order valence-electron chi connectivity index (χ4n) is 2.94. The number of carbonyl (C=O) groups excluding carboxylic acids is 1. The molecule has 1 amide bonds. The van der Waals surface area contributed by atoms with Gasteiger partial charge in [0, 0.05) is 50.1 Å². The molecule has 1 unspecified atom stereocenters. The molecule has 0 aliphatic carbocycles. The van der Waals surface area contributed by atoms with E-state index in [2.05, 4.69) is 17.0 Å². The average Bonchev–Trinajstić information content (AvgIpc) is 2.53. The molecule has 1 aliphatic heterocycles. The number of nitrogens with two attached hydrogens (primary N) is 1. The van der Waals surface area contributed by atoms with Gasteiger partial charge < -0.3 is 15.5 Å². The Morgan fingerprint density at radius 3 is 2.55 bits per heavy atom. The monoisotopic (exact) mass is 298 g/mol. The zero-order valence-corrected chi connectivity index (χ0v) is 13.1. The van der Waals surface area contributed by atoms with Gasteiger partial charge in [0.15, 0.2) is 0 Å². The first kappa shape index (κ1) is 14.8. The molecule has 1 fully saturated rings. The number of fused-ring (bicyclic) bond motifs is 1. The van der Waals surface area contributed by atoms with Crippen LogP contribution in [0.1, 0.15) is 25.5 Å². The molecule has 22 heavy (non-hydrogen) atoms. The first-order valence-electron chi connectivity index (χ1n) is 7.72. The first-order valence-corrected chi connectivity index (χ1v) is 7.72. The lowest BCUT2D eigenvalue weighted by molar-refractivity contribution is -0.129. The third-order valence-corrected chi connectivity index (χ3v) is 4.25. The molecule has 1 aliphatic rings. The van der Waals surface area contributed by atoms with Gasteiger partial charge in [0.25, 0.3) is 0 Å².